The fraction of sp³-hybridized carbons (Fsp3) is 0.933. The van der Waals surface area contributed by atoms with Crippen molar-refractivity contribution in [3.63, 3.8) is 0 Å². The predicted molar refractivity (Wildman–Crippen MR) is 82.7 cm³/mol. The van der Waals surface area contributed by atoms with Gasteiger partial charge < -0.3 is 24.4 Å². The van der Waals surface area contributed by atoms with E-state index in [0.717, 1.165) is 51.6 Å². The SMILES string of the molecule is CN=C(NCC(C)(C)OC)N1CCOC(C2CCCO2)C1. The lowest BCUT2D eigenvalue weighted by Crippen LogP contribution is -2.55. The first-order valence-corrected chi connectivity index (χ1v) is 7.79. The molecule has 0 bridgehead atoms. The second kappa shape index (κ2) is 7.42. The summed E-state index contributed by atoms with van der Waals surface area (Å²) >= 11 is 0. The number of aliphatic imine (C=N–C) groups is 1. The van der Waals surface area contributed by atoms with Crippen molar-refractivity contribution in [2.75, 3.05) is 47.0 Å². The highest BCUT2D eigenvalue weighted by molar-refractivity contribution is 5.80. The number of guanidine groups is 1. The highest BCUT2D eigenvalue weighted by Gasteiger charge is 2.32. The van der Waals surface area contributed by atoms with E-state index in [0.29, 0.717) is 0 Å². The maximum absolute atomic E-state index is 5.88. The van der Waals surface area contributed by atoms with Crippen LogP contribution in [-0.2, 0) is 14.2 Å². The van der Waals surface area contributed by atoms with Crippen molar-refractivity contribution >= 4 is 5.96 Å². The molecule has 0 saturated carbocycles. The number of nitrogens with one attached hydrogen (secondary N) is 1. The van der Waals surface area contributed by atoms with Gasteiger partial charge in [0.1, 0.15) is 6.10 Å². The minimum Gasteiger partial charge on any atom is -0.377 e. The molecule has 1 N–H and O–H groups in total. The molecule has 0 aromatic rings. The Kier molecular flexibility index (Phi) is 5.84. The van der Waals surface area contributed by atoms with Crippen LogP contribution in [-0.4, -0.2) is 75.7 Å². The Hall–Kier alpha value is -0.850. The molecule has 0 radical (unpaired) electrons. The highest BCUT2D eigenvalue weighted by atomic mass is 16.5. The zero-order valence-corrected chi connectivity index (χ0v) is 13.7. The Balaban J connectivity index is 1.88. The monoisotopic (exact) mass is 299 g/mol. The van der Waals surface area contributed by atoms with Gasteiger partial charge in [-0.2, -0.15) is 0 Å². The molecule has 2 unspecified atom stereocenters. The van der Waals surface area contributed by atoms with Gasteiger partial charge in [-0.3, -0.25) is 4.99 Å². The van der Waals surface area contributed by atoms with Crippen LogP contribution >= 0.6 is 0 Å². The number of hydrogen-bond donors (Lipinski definition) is 1. The van der Waals surface area contributed by atoms with Crippen LogP contribution in [0.1, 0.15) is 26.7 Å². The number of nitrogens with zero attached hydrogens (tertiary/aromatic N) is 2. The Labute approximate surface area is 127 Å². The number of rotatable bonds is 4. The first-order chi connectivity index (χ1) is 10.1. The van der Waals surface area contributed by atoms with E-state index in [1.807, 2.05) is 7.05 Å². The first kappa shape index (κ1) is 16.5. The molecule has 122 valence electrons. The van der Waals surface area contributed by atoms with Crippen LogP contribution in [0.15, 0.2) is 4.99 Å². The van der Waals surface area contributed by atoms with E-state index in [9.17, 15) is 0 Å². The molecule has 2 atom stereocenters. The van der Waals surface area contributed by atoms with Gasteiger partial charge in [0.2, 0.25) is 0 Å². The summed E-state index contributed by atoms with van der Waals surface area (Å²) in [5.41, 5.74) is -0.212. The Morgan fingerprint density at radius 1 is 1.33 bits per heavy atom. The van der Waals surface area contributed by atoms with Gasteiger partial charge in [0.05, 0.1) is 18.3 Å². The standard InChI is InChI=1S/C15H29N3O3/c1-15(2,19-4)11-17-14(16-3)18-7-9-21-13(10-18)12-6-5-8-20-12/h12-13H,5-11H2,1-4H3,(H,16,17). The number of morpholine rings is 1. The topological polar surface area (TPSA) is 55.3 Å². The Bertz CT molecular complexity index is 354. The van der Waals surface area contributed by atoms with Gasteiger partial charge in [-0.1, -0.05) is 0 Å². The van der Waals surface area contributed by atoms with E-state index in [2.05, 4.69) is 29.1 Å². The lowest BCUT2D eigenvalue weighted by atomic mass is 10.1. The molecule has 0 aromatic heterocycles. The van der Waals surface area contributed by atoms with Crippen molar-refractivity contribution in [2.45, 2.75) is 44.5 Å². The lowest BCUT2D eigenvalue weighted by Gasteiger charge is -2.37. The van der Waals surface area contributed by atoms with E-state index in [4.69, 9.17) is 14.2 Å². The molecule has 21 heavy (non-hydrogen) atoms. The van der Waals surface area contributed by atoms with E-state index in [1.165, 1.54) is 0 Å². The number of methoxy groups -OCH3 is 1. The van der Waals surface area contributed by atoms with Gasteiger partial charge in [0, 0.05) is 40.4 Å². The smallest absolute Gasteiger partial charge is 0.193 e. The third-order valence-corrected chi connectivity index (χ3v) is 4.21. The molecule has 2 saturated heterocycles. The quantitative estimate of drug-likeness (QED) is 0.616. The van der Waals surface area contributed by atoms with Crippen LogP contribution in [0.25, 0.3) is 0 Å². The second-order valence-corrected chi connectivity index (χ2v) is 6.27. The second-order valence-electron chi connectivity index (χ2n) is 6.27. The van der Waals surface area contributed by atoms with Crippen molar-refractivity contribution in [3.05, 3.63) is 0 Å². The Morgan fingerprint density at radius 3 is 2.71 bits per heavy atom. The van der Waals surface area contributed by atoms with Crippen LogP contribution in [0.4, 0.5) is 0 Å². The Morgan fingerprint density at radius 2 is 2.10 bits per heavy atom. The van der Waals surface area contributed by atoms with Crippen LogP contribution in [0.2, 0.25) is 0 Å². The van der Waals surface area contributed by atoms with Gasteiger partial charge in [-0.15, -0.1) is 0 Å². The molecule has 6 heteroatoms. The summed E-state index contributed by atoms with van der Waals surface area (Å²) in [6.07, 6.45) is 2.62. The molecule has 2 aliphatic heterocycles. The fourth-order valence-corrected chi connectivity index (χ4v) is 2.68. The van der Waals surface area contributed by atoms with Crippen LogP contribution in [0, 0.1) is 0 Å². The molecule has 0 spiro atoms. The molecule has 0 amide bonds. The molecule has 0 aliphatic carbocycles. The zero-order valence-electron chi connectivity index (χ0n) is 13.7. The number of hydrogen-bond acceptors (Lipinski definition) is 4. The summed E-state index contributed by atoms with van der Waals surface area (Å²) in [5.74, 6) is 0.909. The fourth-order valence-electron chi connectivity index (χ4n) is 2.68. The summed E-state index contributed by atoms with van der Waals surface area (Å²) in [4.78, 5) is 6.64. The molecule has 0 aromatic carbocycles. The van der Waals surface area contributed by atoms with E-state index in [-0.39, 0.29) is 17.8 Å². The molecule has 2 aliphatic rings. The van der Waals surface area contributed by atoms with Gasteiger partial charge >= 0.3 is 0 Å². The normalized spacial score (nSPS) is 28.0. The molecular formula is C15H29N3O3. The minimum atomic E-state index is -0.212. The van der Waals surface area contributed by atoms with E-state index < -0.39 is 0 Å². The average Bonchev–Trinajstić information content (AvgIpc) is 3.02. The maximum Gasteiger partial charge on any atom is 0.193 e. The van der Waals surface area contributed by atoms with Crippen LogP contribution < -0.4 is 5.32 Å². The molecule has 2 rings (SSSR count). The maximum atomic E-state index is 5.88. The molecular weight excluding hydrogens is 270 g/mol. The van der Waals surface area contributed by atoms with Crippen molar-refractivity contribution < 1.29 is 14.2 Å². The van der Waals surface area contributed by atoms with Gasteiger partial charge in [-0.05, 0) is 26.7 Å². The van der Waals surface area contributed by atoms with E-state index >= 15 is 0 Å². The van der Waals surface area contributed by atoms with Crippen molar-refractivity contribution in [1.29, 1.82) is 0 Å². The lowest BCUT2D eigenvalue weighted by molar-refractivity contribution is -0.0818. The molecule has 6 nitrogen and oxygen atoms in total. The van der Waals surface area contributed by atoms with E-state index in [1.54, 1.807) is 7.11 Å². The summed E-state index contributed by atoms with van der Waals surface area (Å²) in [6, 6.07) is 0. The highest BCUT2D eigenvalue weighted by Crippen LogP contribution is 2.21. The van der Waals surface area contributed by atoms with Gasteiger partial charge in [0.25, 0.3) is 0 Å². The third kappa shape index (κ3) is 4.56. The largest absolute Gasteiger partial charge is 0.377 e. The summed E-state index contributed by atoms with van der Waals surface area (Å²) in [6.45, 7) is 8.11. The molecule has 2 fully saturated rings. The minimum absolute atomic E-state index is 0.148. The van der Waals surface area contributed by atoms with Gasteiger partial charge in [-0.25, -0.2) is 0 Å². The van der Waals surface area contributed by atoms with Crippen LogP contribution in [0.5, 0.6) is 0 Å². The summed E-state index contributed by atoms with van der Waals surface area (Å²) < 4.78 is 17.1. The number of ether oxygens (including phenoxy) is 3. The van der Waals surface area contributed by atoms with Crippen molar-refractivity contribution in [3.8, 4) is 0 Å². The van der Waals surface area contributed by atoms with Crippen molar-refractivity contribution in [2.24, 2.45) is 4.99 Å². The zero-order chi connectivity index (χ0) is 15.3. The molecule has 2 heterocycles. The van der Waals surface area contributed by atoms with Gasteiger partial charge in [0.15, 0.2) is 5.96 Å². The predicted octanol–water partition coefficient (Wildman–Crippen LogP) is 0.867. The average molecular weight is 299 g/mol. The summed E-state index contributed by atoms with van der Waals surface area (Å²) in [5, 5.41) is 3.40. The van der Waals surface area contributed by atoms with Crippen molar-refractivity contribution in [1.82, 2.24) is 10.2 Å². The third-order valence-electron chi connectivity index (χ3n) is 4.21. The van der Waals surface area contributed by atoms with Crippen LogP contribution in [0.3, 0.4) is 0 Å². The first-order valence-electron chi connectivity index (χ1n) is 7.79. The summed E-state index contributed by atoms with van der Waals surface area (Å²) in [7, 11) is 3.55.